The second-order valence-electron chi connectivity index (χ2n) is 5.66. The number of benzene rings is 2. The highest BCUT2D eigenvalue weighted by molar-refractivity contribution is 6.04. The highest BCUT2D eigenvalue weighted by Gasteiger charge is 2.28. The molecule has 2 aromatic rings. The third kappa shape index (κ3) is 3.43. The van der Waals surface area contributed by atoms with Gasteiger partial charge in [-0.2, -0.15) is 0 Å². The molecule has 0 bridgehead atoms. The Hall–Kier alpha value is -3.15. The molecule has 6 nitrogen and oxygen atoms in total. The Bertz CT molecular complexity index is 766. The van der Waals surface area contributed by atoms with Crippen molar-refractivity contribution in [1.82, 2.24) is 10.2 Å². The lowest BCUT2D eigenvalue weighted by Gasteiger charge is -2.12. The molecule has 0 unspecified atom stereocenters. The molecule has 1 aliphatic rings. The van der Waals surface area contributed by atoms with Crippen molar-refractivity contribution in [2.45, 2.75) is 13.5 Å². The van der Waals surface area contributed by atoms with E-state index in [0.29, 0.717) is 5.56 Å². The quantitative estimate of drug-likeness (QED) is 0.848. The van der Waals surface area contributed by atoms with Crippen LogP contribution in [-0.2, 0) is 11.3 Å². The summed E-state index contributed by atoms with van der Waals surface area (Å²) in [5, 5.41) is 5.30. The van der Waals surface area contributed by atoms with Gasteiger partial charge in [0.1, 0.15) is 0 Å². The summed E-state index contributed by atoms with van der Waals surface area (Å²) in [7, 11) is 0. The monoisotopic (exact) mass is 323 g/mol. The molecule has 0 spiro atoms. The van der Waals surface area contributed by atoms with Gasteiger partial charge >= 0.3 is 6.03 Å². The Morgan fingerprint density at radius 3 is 2.33 bits per heavy atom. The Balaban J connectivity index is 1.65. The first-order valence-corrected chi connectivity index (χ1v) is 7.58. The largest absolute Gasteiger partial charge is 0.329 e. The summed E-state index contributed by atoms with van der Waals surface area (Å²) in [4.78, 5) is 36.5. The highest BCUT2D eigenvalue weighted by atomic mass is 16.2. The van der Waals surface area contributed by atoms with Crippen LogP contribution in [0.4, 0.5) is 10.5 Å². The third-order valence-corrected chi connectivity index (χ3v) is 3.80. The average molecular weight is 323 g/mol. The zero-order chi connectivity index (χ0) is 17.1. The van der Waals surface area contributed by atoms with E-state index in [0.717, 1.165) is 21.7 Å². The maximum Gasteiger partial charge on any atom is 0.324 e. The molecule has 6 heteroatoms. The summed E-state index contributed by atoms with van der Waals surface area (Å²) in [6, 6.07) is 14.0. The van der Waals surface area contributed by atoms with Gasteiger partial charge in [0, 0.05) is 11.3 Å². The molecule has 0 atom stereocenters. The number of carbonyl (C=O) groups is 3. The number of carbonyl (C=O) groups excluding carboxylic acids is 3. The van der Waals surface area contributed by atoms with Gasteiger partial charge in [-0.25, -0.2) is 4.79 Å². The molecule has 3 rings (SSSR count). The number of rotatable bonds is 4. The molecule has 0 saturated carbocycles. The standard InChI is InChI=1S/C18H17N3O3/c1-12-2-8-15(9-3-12)20-17(23)14-6-4-13(5-7-14)11-21-16(22)10-19-18(21)24/h2-9H,10-11H2,1H3,(H,19,24)(H,20,23). The fourth-order valence-electron chi connectivity index (χ4n) is 2.40. The number of urea groups is 1. The number of nitrogens with zero attached hydrogens (tertiary/aromatic N) is 1. The van der Waals surface area contributed by atoms with Crippen molar-refractivity contribution < 1.29 is 14.4 Å². The topological polar surface area (TPSA) is 78.5 Å². The van der Waals surface area contributed by atoms with Crippen molar-refractivity contribution in [2.75, 3.05) is 11.9 Å². The van der Waals surface area contributed by atoms with E-state index >= 15 is 0 Å². The Labute approximate surface area is 139 Å². The van der Waals surface area contributed by atoms with Crippen molar-refractivity contribution in [3.8, 4) is 0 Å². The molecule has 0 aliphatic carbocycles. The van der Waals surface area contributed by atoms with Crippen molar-refractivity contribution in [3.05, 3.63) is 65.2 Å². The normalized spacial score (nSPS) is 13.8. The maximum absolute atomic E-state index is 12.2. The van der Waals surface area contributed by atoms with Crippen molar-refractivity contribution in [2.24, 2.45) is 0 Å². The van der Waals surface area contributed by atoms with Gasteiger partial charge in [0.15, 0.2) is 0 Å². The van der Waals surface area contributed by atoms with Gasteiger partial charge < -0.3 is 10.6 Å². The van der Waals surface area contributed by atoms with Crippen LogP contribution in [0.15, 0.2) is 48.5 Å². The highest BCUT2D eigenvalue weighted by Crippen LogP contribution is 2.13. The van der Waals surface area contributed by atoms with Crippen LogP contribution >= 0.6 is 0 Å². The lowest BCUT2D eigenvalue weighted by atomic mass is 10.1. The predicted octanol–water partition coefficient (Wildman–Crippen LogP) is 2.30. The molecule has 1 fully saturated rings. The fourth-order valence-corrected chi connectivity index (χ4v) is 2.40. The number of aryl methyl sites for hydroxylation is 1. The van der Waals surface area contributed by atoms with Crippen molar-refractivity contribution >= 4 is 23.5 Å². The van der Waals surface area contributed by atoms with E-state index in [9.17, 15) is 14.4 Å². The van der Waals surface area contributed by atoms with Gasteiger partial charge in [-0.3, -0.25) is 14.5 Å². The van der Waals surface area contributed by atoms with Crippen LogP contribution in [0.2, 0.25) is 0 Å². The minimum absolute atomic E-state index is 0.0376. The fraction of sp³-hybridized carbons (Fsp3) is 0.167. The minimum atomic E-state index is -0.388. The number of anilines is 1. The van der Waals surface area contributed by atoms with Crippen LogP contribution in [0.5, 0.6) is 0 Å². The van der Waals surface area contributed by atoms with E-state index < -0.39 is 0 Å². The van der Waals surface area contributed by atoms with Crippen LogP contribution in [0.25, 0.3) is 0 Å². The molecule has 2 N–H and O–H groups in total. The van der Waals surface area contributed by atoms with Gasteiger partial charge in [-0.1, -0.05) is 29.8 Å². The molecule has 1 aliphatic heterocycles. The molecular formula is C18H17N3O3. The Morgan fingerprint density at radius 2 is 1.75 bits per heavy atom. The van der Waals surface area contributed by atoms with Crippen molar-refractivity contribution in [3.63, 3.8) is 0 Å². The smallest absolute Gasteiger partial charge is 0.324 e. The van der Waals surface area contributed by atoms with Crippen molar-refractivity contribution in [1.29, 1.82) is 0 Å². The minimum Gasteiger partial charge on any atom is -0.329 e. The molecule has 1 saturated heterocycles. The summed E-state index contributed by atoms with van der Waals surface area (Å²) in [6.45, 7) is 2.22. The summed E-state index contributed by atoms with van der Waals surface area (Å²) in [5.74, 6) is -0.457. The van der Waals surface area contributed by atoms with E-state index in [1.807, 2.05) is 31.2 Å². The average Bonchev–Trinajstić information content (AvgIpc) is 2.89. The van der Waals surface area contributed by atoms with Crippen LogP contribution in [0.3, 0.4) is 0 Å². The van der Waals surface area contributed by atoms with Crippen LogP contribution in [-0.4, -0.2) is 29.3 Å². The van der Waals surface area contributed by atoms with Gasteiger partial charge in [0.2, 0.25) is 5.91 Å². The number of amides is 4. The van der Waals surface area contributed by atoms with E-state index in [-0.39, 0.29) is 30.9 Å². The second-order valence-corrected chi connectivity index (χ2v) is 5.66. The first-order chi connectivity index (χ1) is 11.5. The van der Waals surface area contributed by atoms with Gasteiger partial charge in [0.05, 0.1) is 13.1 Å². The van der Waals surface area contributed by atoms with Crippen LogP contribution in [0, 0.1) is 6.92 Å². The van der Waals surface area contributed by atoms with Gasteiger partial charge in [-0.05, 0) is 36.8 Å². The SMILES string of the molecule is Cc1ccc(NC(=O)c2ccc(CN3C(=O)CNC3=O)cc2)cc1. The number of hydrogen-bond donors (Lipinski definition) is 2. The zero-order valence-electron chi connectivity index (χ0n) is 13.2. The lowest BCUT2D eigenvalue weighted by molar-refractivity contribution is -0.125. The number of hydrogen-bond acceptors (Lipinski definition) is 3. The molecule has 1 heterocycles. The van der Waals surface area contributed by atoms with Gasteiger partial charge in [0.25, 0.3) is 5.91 Å². The molecular weight excluding hydrogens is 306 g/mol. The third-order valence-electron chi connectivity index (χ3n) is 3.80. The van der Waals surface area contributed by atoms with E-state index in [1.54, 1.807) is 24.3 Å². The summed E-state index contributed by atoms with van der Waals surface area (Å²) < 4.78 is 0. The summed E-state index contributed by atoms with van der Waals surface area (Å²) in [5.41, 5.74) is 3.15. The summed E-state index contributed by atoms with van der Waals surface area (Å²) >= 11 is 0. The maximum atomic E-state index is 12.2. The van der Waals surface area contributed by atoms with E-state index in [4.69, 9.17) is 0 Å². The van der Waals surface area contributed by atoms with E-state index in [1.165, 1.54) is 0 Å². The first kappa shape index (κ1) is 15.7. The zero-order valence-corrected chi connectivity index (χ0v) is 13.2. The second kappa shape index (κ2) is 6.54. The summed E-state index contributed by atoms with van der Waals surface area (Å²) in [6.07, 6.45) is 0. The first-order valence-electron chi connectivity index (χ1n) is 7.58. The Kier molecular flexibility index (Phi) is 4.29. The van der Waals surface area contributed by atoms with Crippen LogP contribution < -0.4 is 10.6 Å². The molecule has 0 aromatic heterocycles. The lowest BCUT2D eigenvalue weighted by Crippen LogP contribution is -2.30. The number of imide groups is 1. The van der Waals surface area contributed by atoms with E-state index in [2.05, 4.69) is 10.6 Å². The molecule has 122 valence electrons. The number of nitrogens with one attached hydrogen (secondary N) is 2. The molecule has 2 aromatic carbocycles. The predicted molar refractivity (Wildman–Crippen MR) is 89.5 cm³/mol. The molecule has 4 amide bonds. The van der Waals surface area contributed by atoms with Gasteiger partial charge in [-0.15, -0.1) is 0 Å². The molecule has 24 heavy (non-hydrogen) atoms. The molecule has 0 radical (unpaired) electrons. The Morgan fingerprint density at radius 1 is 1.08 bits per heavy atom. The van der Waals surface area contributed by atoms with Crippen LogP contribution in [0.1, 0.15) is 21.5 Å².